The highest BCUT2D eigenvalue weighted by Gasteiger charge is 2.19. The van der Waals surface area contributed by atoms with Gasteiger partial charge in [-0.1, -0.05) is 11.6 Å². The standard InChI is InChI=1S/C14H21ClO3/c1-5-17-9(3)12-7-11(15)8-13(14(12)16)10(4)18-6-2/h7-10,16H,5-6H2,1-4H3. The van der Waals surface area contributed by atoms with E-state index in [0.29, 0.717) is 29.4 Å². The van der Waals surface area contributed by atoms with Crippen molar-refractivity contribution in [3.63, 3.8) is 0 Å². The van der Waals surface area contributed by atoms with Gasteiger partial charge in [0, 0.05) is 29.4 Å². The number of benzene rings is 1. The van der Waals surface area contributed by atoms with Gasteiger partial charge in [-0.25, -0.2) is 0 Å². The Kier molecular flexibility index (Phi) is 5.93. The number of aromatic hydroxyl groups is 1. The van der Waals surface area contributed by atoms with Gasteiger partial charge in [-0.2, -0.15) is 0 Å². The summed E-state index contributed by atoms with van der Waals surface area (Å²) in [5.74, 6) is 0.210. The number of phenols is 1. The van der Waals surface area contributed by atoms with Gasteiger partial charge in [0.25, 0.3) is 0 Å². The number of phenolic OH excluding ortho intramolecular Hbond substituents is 1. The van der Waals surface area contributed by atoms with Crippen molar-refractivity contribution >= 4 is 11.6 Å². The molecule has 0 amide bonds. The molecule has 2 unspecified atom stereocenters. The van der Waals surface area contributed by atoms with Crippen molar-refractivity contribution in [2.45, 2.75) is 39.9 Å². The van der Waals surface area contributed by atoms with Crippen LogP contribution in [0.5, 0.6) is 5.75 Å². The molecule has 0 aromatic heterocycles. The Morgan fingerprint density at radius 3 is 1.78 bits per heavy atom. The number of halogens is 1. The molecule has 0 aliphatic heterocycles. The fourth-order valence-electron chi connectivity index (χ4n) is 1.94. The van der Waals surface area contributed by atoms with Gasteiger partial charge < -0.3 is 14.6 Å². The van der Waals surface area contributed by atoms with E-state index < -0.39 is 0 Å². The molecule has 1 aromatic carbocycles. The molecule has 18 heavy (non-hydrogen) atoms. The molecule has 0 heterocycles. The Labute approximate surface area is 114 Å². The second-order valence-corrected chi connectivity index (χ2v) is 4.56. The minimum Gasteiger partial charge on any atom is -0.507 e. The largest absolute Gasteiger partial charge is 0.507 e. The molecule has 0 saturated heterocycles. The molecule has 1 N–H and O–H groups in total. The van der Waals surface area contributed by atoms with Gasteiger partial charge in [0.15, 0.2) is 0 Å². The van der Waals surface area contributed by atoms with Crippen LogP contribution in [0.2, 0.25) is 5.02 Å². The normalized spacial score (nSPS) is 14.5. The second kappa shape index (κ2) is 6.98. The van der Waals surface area contributed by atoms with Gasteiger partial charge in [0.05, 0.1) is 12.2 Å². The molecule has 0 aliphatic carbocycles. The van der Waals surface area contributed by atoms with Gasteiger partial charge >= 0.3 is 0 Å². The van der Waals surface area contributed by atoms with Gasteiger partial charge in [0.1, 0.15) is 5.75 Å². The quantitative estimate of drug-likeness (QED) is 0.842. The number of ether oxygens (including phenoxy) is 2. The molecule has 0 bridgehead atoms. The molecule has 4 heteroatoms. The van der Waals surface area contributed by atoms with E-state index in [1.54, 1.807) is 12.1 Å². The number of hydrogen-bond donors (Lipinski definition) is 1. The zero-order chi connectivity index (χ0) is 13.7. The van der Waals surface area contributed by atoms with Crippen molar-refractivity contribution in [3.05, 3.63) is 28.3 Å². The van der Waals surface area contributed by atoms with Crippen LogP contribution < -0.4 is 0 Å². The monoisotopic (exact) mass is 272 g/mol. The van der Waals surface area contributed by atoms with Crippen molar-refractivity contribution in [1.29, 1.82) is 0 Å². The van der Waals surface area contributed by atoms with Crippen LogP contribution >= 0.6 is 11.6 Å². The maximum absolute atomic E-state index is 10.3. The number of rotatable bonds is 6. The minimum absolute atomic E-state index is 0.193. The summed E-state index contributed by atoms with van der Waals surface area (Å²) in [6, 6.07) is 3.47. The Morgan fingerprint density at radius 1 is 1.06 bits per heavy atom. The van der Waals surface area contributed by atoms with Crippen molar-refractivity contribution in [2.75, 3.05) is 13.2 Å². The van der Waals surface area contributed by atoms with E-state index in [1.165, 1.54) is 0 Å². The van der Waals surface area contributed by atoms with Gasteiger partial charge in [0.2, 0.25) is 0 Å². The lowest BCUT2D eigenvalue weighted by molar-refractivity contribution is 0.0684. The van der Waals surface area contributed by atoms with Gasteiger partial charge in [-0.05, 0) is 39.8 Å². The first-order valence-electron chi connectivity index (χ1n) is 6.26. The molecule has 102 valence electrons. The molecule has 0 saturated carbocycles. The van der Waals surface area contributed by atoms with E-state index in [4.69, 9.17) is 21.1 Å². The Balaban J connectivity index is 3.13. The molecule has 0 radical (unpaired) electrons. The second-order valence-electron chi connectivity index (χ2n) is 4.13. The fraction of sp³-hybridized carbons (Fsp3) is 0.571. The summed E-state index contributed by atoms with van der Waals surface area (Å²) in [6.07, 6.45) is -0.387. The summed E-state index contributed by atoms with van der Waals surface area (Å²) in [6.45, 7) is 8.80. The zero-order valence-electron chi connectivity index (χ0n) is 11.4. The summed E-state index contributed by atoms with van der Waals surface area (Å²) < 4.78 is 11.0. The Hall–Kier alpha value is -0.770. The lowest BCUT2D eigenvalue weighted by atomic mass is 10.0. The van der Waals surface area contributed by atoms with Crippen molar-refractivity contribution in [1.82, 2.24) is 0 Å². The van der Waals surface area contributed by atoms with Crippen LogP contribution in [0.3, 0.4) is 0 Å². The SMILES string of the molecule is CCOC(C)c1cc(Cl)cc(C(C)OCC)c1O. The third-order valence-corrected chi connectivity index (χ3v) is 3.06. The summed E-state index contributed by atoms with van der Waals surface area (Å²) in [5.41, 5.74) is 1.40. The van der Waals surface area contributed by atoms with Crippen LogP contribution in [-0.4, -0.2) is 18.3 Å². The van der Waals surface area contributed by atoms with E-state index in [1.807, 2.05) is 27.7 Å². The first-order valence-corrected chi connectivity index (χ1v) is 6.64. The minimum atomic E-state index is -0.193. The predicted molar refractivity (Wildman–Crippen MR) is 73.2 cm³/mol. The molecule has 0 fully saturated rings. The molecule has 1 rings (SSSR count). The molecule has 1 aromatic rings. The van der Waals surface area contributed by atoms with Crippen molar-refractivity contribution in [2.24, 2.45) is 0 Å². The fourth-order valence-corrected chi connectivity index (χ4v) is 2.18. The molecular formula is C14H21ClO3. The zero-order valence-corrected chi connectivity index (χ0v) is 12.1. The highest BCUT2D eigenvalue weighted by atomic mass is 35.5. The Morgan fingerprint density at radius 2 is 1.44 bits per heavy atom. The van der Waals surface area contributed by atoms with Crippen LogP contribution in [-0.2, 0) is 9.47 Å². The summed E-state index contributed by atoms with van der Waals surface area (Å²) >= 11 is 6.09. The smallest absolute Gasteiger partial charge is 0.127 e. The van der Waals surface area contributed by atoms with Crippen LogP contribution in [0.15, 0.2) is 12.1 Å². The van der Waals surface area contributed by atoms with Crippen LogP contribution in [0.25, 0.3) is 0 Å². The maximum atomic E-state index is 10.3. The highest BCUT2D eigenvalue weighted by molar-refractivity contribution is 6.30. The van der Waals surface area contributed by atoms with Crippen molar-refractivity contribution < 1.29 is 14.6 Å². The van der Waals surface area contributed by atoms with E-state index in [9.17, 15) is 5.11 Å². The van der Waals surface area contributed by atoms with Gasteiger partial charge in [-0.3, -0.25) is 0 Å². The summed E-state index contributed by atoms with van der Waals surface area (Å²) in [7, 11) is 0. The maximum Gasteiger partial charge on any atom is 0.127 e. The van der Waals surface area contributed by atoms with E-state index in [2.05, 4.69) is 0 Å². The van der Waals surface area contributed by atoms with Crippen LogP contribution in [0.4, 0.5) is 0 Å². The summed E-state index contributed by atoms with van der Waals surface area (Å²) in [4.78, 5) is 0. The van der Waals surface area contributed by atoms with E-state index in [0.717, 1.165) is 0 Å². The van der Waals surface area contributed by atoms with Crippen molar-refractivity contribution in [3.8, 4) is 5.75 Å². The molecule has 2 atom stereocenters. The number of hydrogen-bond acceptors (Lipinski definition) is 3. The lowest BCUT2D eigenvalue weighted by Gasteiger charge is -2.20. The van der Waals surface area contributed by atoms with Crippen LogP contribution in [0.1, 0.15) is 51.0 Å². The molecule has 0 spiro atoms. The third kappa shape index (κ3) is 3.61. The van der Waals surface area contributed by atoms with E-state index in [-0.39, 0.29) is 18.0 Å². The average molecular weight is 273 g/mol. The molecular weight excluding hydrogens is 252 g/mol. The lowest BCUT2D eigenvalue weighted by Crippen LogP contribution is -2.05. The predicted octanol–water partition coefficient (Wildman–Crippen LogP) is 4.24. The van der Waals surface area contributed by atoms with Gasteiger partial charge in [-0.15, -0.1) is 0 Å². The highest BCUT2D eigenvalue weighted by Crippen LogP contribution is 2.37. The Bertz CT molecular complexity index is 360. The molecule has 0 aliphatic rings. The summed E-state index contributed by atoms with van der Waals surface area (Å²) in [5, 5.41) is 10.9. The average Bonchev–Trinajstić information content (AvgIpc) is 2.32. The first-order chi connectivity index (χ1) is 8.51. The van der Waals surface area contributed by atoms with E-state index >= 15 is 0 Å². The first kappa shape index (κ1) is 15.3. The van der Waals surface area contributed by atoms with Crippen LogP contribution in [0, 0.1) is 0 Å². The third-order valence-electron chi connectivity index (χ3n) is 2.84. The molecule has 3 nitrogen and oxygen atoms in total. The topological polar surface area (TPSA) is 38.7 Å².